The van der Waals surface area contributed by atoms with E-state index in [1.165, 1.54) is 11.8 Å². The monoisotopic (exact) mass is 452 g/mol. The summed E-state index contributed by atoms with van der Waals surface area (Å²) in [5.74, 6) is 0.657. The van der Waals surface area contributed by atoms with Crippen molar-refractivity contribution in [2.75, 3.05) is 11.1 Å². The zero-order valence-electron chi connectivity index (χ0n) is 14.5. The number of anilines is 1. The lowest BCUT2D eigenvalue weighted by Gasteiger charge is -2.09. The van der Waals surface area contributed by atoms with E-state index in [2.05, 4.69) is 22.1 Å². The number of allylic oxidation sites excluding steroid dienone is 1. The maximum atomic E-state index is 12.3. The molecule has 0 aliphatic heterocycles. The van der Waals surface area contributed by atoms with Gasteiger partial charge in [0.1, 0.15) is 0 Å². The second-order valence-corrected chi connectivity index (χ2v) is 7.87. The summed E-state index contributed by atoms with van der Waals surface area (Å²) in [6, 6.07) is 12.3. The first-order chi connectivity index (χ1) is 13.5. The fourth-order valence-corrected chi connectivity index (χ4v) is 3.57. The van der Waals surface area contributed by atoms with Gasteiger partial charge in [0.2, 0.25) is 5.91 Å². The van der Waals surface area contributed by atoms with Crippen molar-refractivity contribution >= 4 is 58.2 Å². The van der Waals surface area contributed by atoms with Gasteiger partial charge in [-0.1, -0.05) is 52.6 Å². The summed E-state index contributed by atoms with van der Waals surface area (Å²) in [6.07, 6.45) is 1.75. The Morgan fingerprint density at radius 3 is 2.54 bits per heavy atom. The summed E-state index contributed by atoms with van der Waals surface area (Å²) in [4.78, 5) is 12.3. The molecule has 9 heteroatoms. The number of rotatable bonds is 7. The first-order valence-electron chi connectivity index (χ1n) is 8.15. The summed E-state index contributed by atoms with van der Waals surface area (Å²) < 4.78 is 1.90. The number of carbonyl (C=O) groups excluding carboxylic acids is 1. The van der Waals surface area contributed by atoms with Crippen LogP contribution in [-0.4, -0.2) is 26.4 Å². The molecule has 2 aromatic carbocycles. The number of aromatic nitrogens is 3. The van der Waals surface area contributed by atoms with Gasteiger partial charge < -0.3 is 5.32 Å². The van der Waals surface area contributed by atoms with Crippen LogP contribution in [-0.2, 0) is 11.3 Å². The number of carbonyl (C=O) groups is 1. The summed E-state index contributed by atoms with van der Waals surface area (Å²) in [5, 5.41) is 13.3. The average Bonchev–Trinajstić information content (AvgIpc) is 3.07. The molecule has 0 aliphatic carbocycles. The summed E-state index contributed by atoms with van der Waals surface area (Å²) in [7, 11) is 0. The second-order valence-electron chi connectivity index (χ2n) is 5.68. The van der Waals surface area contributed by atoms with E-state index in [-0.39, 0.29) is 11.7 Å². The minimum absolute atomic E-state index is 0.163. The van der Waals surface area contributed by atoms with Crippen molar-refractivity contribution in [3.8, 4) is 11.4 Å². The molecular weight excluding hydrogens is 439 g/mol. The molecule has 0 spiro atoms. The number of hydrogen-bond donors (Lipinski definition) is 1. The van der Waals surface area contributed by atoms with Gasteiger partial charge in [0.15, 0.2) is 11.0 Å². The molecular formula is C19H15Cl3N4OS. The number of nitrogens with one attached hydrogen (secondary N) is 1. The Kier molecular flexibility index (Phi) is 7.02. The number of benzene rings is 2. The minimum Gasteiger partial charge on any atom is -0.325 e. The van der Waals surface area contributed by atoms with Crippen molar-refractivity contribution in [2.45, 2.75) is 11.7 Å². The normalized spacial score (nSPS) is 10.7. The van der Waals surface area contributed by atoms with Gasteiger partial charge in [0, 0.05) is 22.8 Å². The smallest absolute Gasteiger partial charge is 0.234 e. The van der Waals surface area contributed by atoms with E-state index in [1.54, 1.807) is 36.4 Å². The summed E-state index contributed by atoms with van der Waals surface area (Å²) >= 11 is 19.1. The van der Waals surface area contributed by atoms with E-state index >= 15 is 0 Å². The molecule has 1 aromatic heterocycles. The van der Waals surface area contributed by atoms with E-state index in [1.807, 2.05) is 16.7 Å². The number of amides is 1. The highest BCUT2D eigenvalue weighted by Gasteiger charge is 2.15. The first-order valence-corrected chi connectivity index (χ1v) is 10.3. The van der Waals surface area contributed by atoms with Crippen molar-refractivity contribution < 1.29 is 4.79 Å². The number of thioether (sulfide) groups is 1. The molecule has 0 aliphatic rings. The highest BCUT2D eigenvalue weighted by molar-refractivity contribution is 7.99. The maximum Gasteiger partial charge on any atom is 0.234 e. The Bertz CT molecular complexity index is 1000. The van der Waals surface area contributed by atoms with Crippen LogP contribution >= 0.6 is 46.6 Å². The fraction of sp³-hybridized carbons (Fsp3) is 0.105. The SMILES string of the molecule is C=CCn1c(SCC(=O)Nc2ccc(Cl)c(Cl)c2)nnc1-c1ccc(Cl)cc1. The Morgan fingerprint density at radius 2 is 1.86 bits per heavy atom. The van der Waals surface area contributed by atoms with Gasteiger partial charge in [-0.15, -0.1) is 16.8 Å². The molecule has 1 amide bonds. The largest absolute Gasteiger partial charge is 0.325 e. The van der Waals surface area contributed by atoms with Crippen molar-refractivity contribution in [3.05, 3.63) is 70.2 Å². The van der Waals surface area contributed by atoms with E-state index in [4.69, 9.17) is 34.8 Å². The lowest BCUT2D eigenvalue weighted by molar-refractivity contribution is -0.113. The third-order valence-corrected chi connectivity index (χ3v) is 5.62. The van der Waals surface area contributed by atoms with Gasteiger partial charge in [0.25, 0.3) is 0 Å². The van der Waals surface area contributed by atoms with E-state index in [9.17, 15) is 4.79 Å². The van der Waals surface area contributed by atoms with Crippen LogP contribution < -0.4 is 5.32 Å². The van der Waals surface area contributed by atoms with E-state index < -0.39 is 0 Å². The van der Waals surface area contributed by atoms with Crippen LogP contribution in [0.15, 0.2) is 60.3 Å². The van der Waals surface area contributed by atoms with Gasteiger partial charge in [-0.2, -0.15) is 0 Å². The average molecular weight is 454 g/mol. The van der Waals surface area contributed by atoms with Gasteiger partial charge in [0.05, 0.1) is 15.8 Å². The van der Waals surface area contributed by atoms with E-state index in [0.29, 0.717) is 38.3 Å². The number of hydrogen-bond acceptors (Lipinski definition) is 4. The topological polar surface area (TPSA) is 59.8 Å². The number of halogens is 3. The zero-order chi connectivity index (χ0) is 20.1. The summed E-state index contributed by atoms with van der Waals surface area (Å²) in [6.45, 7) is 4.30. The molecule has 5 nitrogen and oxygen atoms in total. The molecule has 1 N–H and O–H groups in total. The molecule has 1 heterocycles. The van der Waals surface area contributed by atoms with Crippen LogP contribution in [0.2, 0.25) is 15.1 Å². The van der Waals surface area contributed by atoms with Gasteiger partial charge in [-0.25, -0.2) is 0 Å². The van der Waals surface area contributed by atoms with Crippen molar-refractivity contribution in [3.63, 3.8) is 0 Å². The van der Waals surface area contributed by atoms with Gasteiger partial charge >= 0.3 is 0 Å². The lowest BCUT2D eigenvalue weighted by Crippen LogP contribution is -2.14. The van der Waals surface area contributed by atoms with Crippen LogP contribution in [0.1, 0.15) is 0 Å². The Labute approximate surface area is 181 Å². The quantitative estimate of drug-likeness (QED) is 0.361. The predicted octanol–water partition coefficient (Wildman–Crippen LogP) is 5.82. The van der Waals surface area contributed by atoms with Crippen LogP contribution in [0.4, 0.5) is 5.69 Å². The molecule has 0 bridgehead atoms. The molecule has 3 aromatic rings. The molecule has 0 fully saturated rings. The highest BCUT2D eigenvalue weighted by atomic mass is 35.5. The molecule has 0 saturated carbocycles. The fourth-order valence-electron chi connectivity index (χ4n) is 2.40. The second kappa shape index (κ2) is 9.47. The maximum absolute atomic E-state index is 12.3. The zero-order valence-corrected chi connectivity index (χ0v) is 17.6. The van der Waals surface area contributed by atoms with E-state index in [0.717, 1.165) is 5.56 Å². The van der Waals surface area contributed by atoms with Crippen LogP contribution in [0.3, 0.4) is 0 Å². The molecule has 3 rings (SSSR count). The molecule has 0 atom stereocenters. The molecule has 0 radical (unpaired) electrons. The Hall–Kier alpha value is -1.99. The molecule has 0 unspecified atom stereocenters. The third kappa shape index (κ3) is 5.08. The third-order valence-electron chi connectivity index (χ3n) is 3.67. The molecule has 144 valence electrons. The number of nitrogens with zero attached hydrogens (tertiary/aromatic N) is 3. The van der Waals surface area contributed by atoms with Crippen molar-refractivity contribution in [1.29, 1.82) is 0 Å². The first kappa shape index (κ1) is 20.7. The molecule has 0 saturated heterocycles. The minimum atomic E-state index is -0.190. The molecule has 28 heavy (non-hydrogen) atoms. The van der Waals surface area contributed by atoms with Gasteiger partial charge in [-0.05, 0) is 42.5 Å². The van der Waals surface area contributed by atoms with Gasteiger partial charge in [-0.3, -0.25) is 9.36 Å². The van der Waals surface area contributed by atoms with Crippen molar-refractivity contribution in [1.82, 2.24) is 14.8 Å². The van der Waals surface area contributed by atoms with Crippen LogP contribution in [0, 0.1) is 0 Å². The highest BCUT2D eigenvalue weighted by Crippen LogP contribution is 2.27. The Morgan fingerprint density at radius 1 is 1.11 bits per heavy atom. The standard InChI is InChI=1S/C19H15Cl3N4OS/c1-2-9-26-18(12-3-5-13(20)6-4-12)24-25-19(26)28-11-17(27)23-14-7-8-15(21)16(22)10-14/h2-8,10H,1,9,11H2,(H,23,27). The van der Waals surface area contributed by atoms with Crippen molar-refractivity contribution in [2.24, 2.45) is 0 Å². The summed E-state index contributed by atoms with van der Waals surface area (Å²) in [5.41, 5.74) is 1.46. The lowest BCUT2D eigenvalue weighted by atomic mass is 10.2. The van der Waals surface area contributed by atoms with Crippen LogP contribution in [0.25, 0.3) is 11.4 Å². The Balaban J connectivity index is 1.71. The predicted molar refractivity (Wildman–Crippen MR) is 116 cm³/mol. The van der Waals surface area contributed by atoms with Crippen LogP contribution in [0.5, 0.6) is 0 Å².